The Labute approximate surface area is 341 Å². The first-order valence-corrected chi connectivity index (χ1v) is 17.6. The van der Waals surface area contributed by atoms with Crippen molar-refractivity contribution in [3.8, 4) is 0 Å². The van der Waals surface area contributed by atoms with E-state index in [4.69, 9.17) is 20.6 Å². The molecular weight excluding hydrogens is 739 g/mol. The Balaban J connectivity index is 0.000000501. The predicted molar refractivity (Wildman–Crippen MR) is 222 cm³/mol. The molecule has 0 saturated heterocycles. The van der Waals surface area contributed by atoms with Gasteiger partial charge in [0, 0.05) is 50.4 Å². The van der Waals surface area contributed by atoms with E-state index in [1.165, 1.54) is 66.8 Å². The second-order valence-electron chi connectivity index (χ2n) is 14.3. The summed E-state index contributed by atoms with van der Waals surface area (Å²) in [5.74, 6) is 0. The van der Waals surface area contributed by atoms with Crippen molar-refractivity contribution >= 4 is 34.2 Å². The number of hydrogen-bond acceptors (Lipinski definition) is 2. The first-order chi connectivity index (χ1) is 23.3. The summed E-state index contributed by atoms with van der Waals surface area (Å²) in [5, 5.41) is 9.64. The molecule has 0 aliphatic carbocycles. The Hall–Kier alpha value is -3.45. The van der Waals surface area contributed by atoms with Crippen molar-refractivity contribution < 1.29 is 39.0 Å². The molecule has 0 fully saturated rings. The zero-order valence-electron chi connectivity index (χ0n) is 35.0. The number of nitrogens with zero attached hydrogens (tertiary/aromatic N) is 4. The summed E-state index contributed by atoms with van der Waals surface area (Å²) in [6.45, 7) is 33.6. The van der Waals surface area contributed by atoms with Gasteiger partial charge >= 0.3 is 0 Å². The quantitative estimate of drug-likeness (QED) is 0.126. The van der Waals surface area contributed by atoms with E-state index < -0.39 is 0 Å². The Morgan fingerprint density at radius 1 is 0.385 bits per heavy atom. The maximum Gasteiger partial charge on any atom is 0.0691 e. The fraction of sp³-hybridized carbons (Fsp3) is 0.348. The molecule has 0 heterocycles. The summed E-state index contributed by atoms with van der Waals surface area (Å²) in [4.78, 5) is 9.64. The van der Waals surface area contributed by atoms with Gasteiger partial charge in [-0.05, 0) is 119 Å². The van der Waals surface area contributed by atoms with Crippen molar-refractivity contribution in [1.29, 1.82) is 0 Å². The minimum absolute atomic E-state index is 0. The smallest absolute Gasteiger partial charge is 0.0691 e. The molecule has 4 aromatic rings. The molecule has 0 saturated carbocycles. The van der Waals surface area contributed by atoms with E-state index in [1.807, 2.05) is 27.7 Å². The Morgan fingerprint density at radius 3 is 0.827 bits per heavy atom. The minimum atomic E-state index is 0. The second kappa shape index (κ2) is 20.7. The van der Waals surface area contributed by atoms with Crippen molar-refractivity contribution in [3.05, 3.63) is 149 Å². The molecule has 4 nitrogen and oxygen atoms in total. The van der Waals surface area contributed by atoms with Crippen LogP contribution < -0.4 is 0 Å². The molecule has 0 radical (unpaired) electrons. The number of allylic oxidation sites excluding steroid dienone is 4. The third kappa shape index (κ3) is 13.5. The monoisotopic (exact) mass is 794 g/mol. The van der Waals surface area contributed by atoms with Crippen LogP contribution in [0, 0.1) is 83.1 Å². The molecule has 4 aromatic carbocycles. The van der Waals surface area contributed by atoms with Crippen molar-refractivity contribution in [3.63, 3.8) is 0 Å². The number of benzene rings is 4. The summed E-state index contributed by atoms with van der Waals surface area (Å²) >= 11 is 0. The molecule has 0 unspecified atom stereocenters. The Morgan fingerprint density at radius 2 is 0.596 bits per heavy atom. The molecule has 52 heavy (non-hydrogen) atoms. The molecule has 0 spiro atoms. The van der Waals surface area contributed by atoms with Gasteiger partial charge in [0.1, 0.15) is 0 Å². The summed E-state index contributed by atoms with van der Waals surface area (Å²) in [6.07, 6.45) is 4.11. The van der Waals surface area contributed by atoms with E-state index in [-0.39, 0.29) is 39.0 Å². The van der Waals surface area contributed by atoms with Crippen molar-refractivity contribution in [2.24, 2.45) is 9.98 Å². The van der Waals surface area contributed by atoms with Crippen LogP contribution in [0.5, 0.6) is 0 Å². The molecule has 4 rings (SSSR count). The molecule has 0 bridgehead atoms. The first kappa shape index (κ1) is 46.6. The molecule has 0 N–H and O–H groups in total. The van der Waals surface area contributed by atoms with E-state index in [1.54, 1.807) is 0 Å². The molecule has 0 aliphatic heterocycles. The molecule has 0 amide bonds. The second-order valence-corrected chi connectivity index (χ2v) is 14.3. The van der Waals surface area contributed by atoms with E-state index in [9.17, 15) is 0 Å². The van der Waals surface area contributed by atoms with Crippen molar-refractivity contribution in [2.45, 2.75) is 111 Å². The van der Waals surface area contributed by atoms with E-state index in [0.29, 0.717) is 0 Å². The number of hydrogen-bond donors (Lipinski definition) is 0. The molecule has 0 aliphatic rings. The summed E-state index contributed by atoms with van der Waals surface area (Å²) in [7, 11) is 0. The third-order valence-corrected chi connectivity index (χ3v) is 8.53. The fourth-order valence-corrected chi connectivity index (χ4v) is 6.83. The van der Waals surface area contributed by atoms with Crippen molar-refractivity contribution in [2.75, 3.05) is 0 Å². The van der Waals surface area contributed by atoms with Gasteiger partial charge in [0.25, 0.3) is 0 Å². The maximum atomic E-state index is 4.82. The maximum absolute atomic E-state index is 4.82. The van der Waals surface area contributed by atoms with Crippen LogP contribution in [0.25, 0.3) is 10.6 Å². The zero-order valence-corrected chi connectivity index (χ0v) is 40.9. The van der Waals surface area contributed by atoms with Gasteiger partial charge in [-0.15, -0.1) is 11.4 Å². The van der Waals surface area contributed by atoms with Crippen LogP contribution in [0.2, 0.25) is 0 Å². The standard InChI is InChI=1S/2C23H29N2.2Zn/c2*1-14-9-16(3)22(17(4)10-14)24-20(7)13-21(8)25-23-18(5)11-15(2)12-19(23)6;;/h2*9-13H,1-8H3;;/q2*-1;;/b2*20-13-,25-21?;;. The Bertz CT molecular complexity index is 1770. The van der Waals surface area contributed by atoms with Crippen LogP contribution in [0.15, 0.2) is 82.1 Å². The van der Waals surface area contributed by atoms with E-state index in [0.717, 1.165) is 45.6 Å². The van der Waals surface area contributed by atoms with Gasteiger partial charge in [0.05, 0.1) is 11.4 Å². The summed E-state index contributed by atoms with van der Waals surface area (Å²) in [6, 6.07) is 17.4. The van der Waals surface area contributed by atoms with Gasteiger partial charge in [-0.25, -0.2) is 0 Å². The topological polar surface area (TPSA) is 52.9 Å². The fourth-order valence-electron chi connectivity index (χ4n) is 6.83. The van der Waals surface area contributed by atoms with Gasteiger partial charge in [-0.1, -0.05) is 119 Å². The molecule has 0 aromatic heterocycles. The van der Waals surface area contributed by atoms with Crippen LogP contribution in [0.1, 0.15) is 94.5 Å². The van der Waals surface area contributed by atoms with Gasteiger partial charge in [-0.2, -0.15) is 11.4 Å². The minimum Gasteiger partial charge on any atom is -0.661 e. The molecular formula is C46H58N4Zn2-2. The largest absolute Gasteiger partial charge is 0.661 e. The molecule has 268 valence electrons. The van der Waals surface area contributed by atoms with Gasteiger partial charge < -0.3 is 10.6 Å². The van der Waals surface area contributed by atoms with Crippen molar-refractivity contribution in [1.82, 2.24) is 0 Å². The average Bonchev–Trinajstić information content (AvgIpc) is 2.97. The number of rotatable bonds is 8. The van der Waals surface area contributed by atoms with Crippen LogP contribution >= 0.6 is 0 Å². The van der Waals surface area contributed by atoms with E-state index in [2.05, 4.69) is 144 Å². The van der Waals surface area contributed by atoms with Crippen LogP contribution in [0.3, 0.4) is 0 Å². The van der Waals surface area contributed by atoms with Crippen LogP contribution in [0.4, 0.5) is 22.7 Å². The van der Waals surface area contributed by atoms with Gasteiger partial charge in [-0.3, -0.25) is 9.98 Å². The zero-order chi connectivity index (χ0) is 37.4. The van der Waals surface area contributed by atoms with Crippen LogP contribution in [-0.2, 0) is 39.0 Å². The Kier molecular flexibility index (Phi) is 18.5. The summed E-state index contributed by atoms with van der Waals surface area (Å²) < 4.78 is 0. The average molecular weight is 798 g/mol. The predicted octanol–water partition coefficient (Wildman–Crippen LogP) is 14.5. The van der Waals surface area contributed by atoms with Crippen LogP contribution in [-0.4, -0.2) is 11.4 Å². The first-order valence-electron chi connectivity index (χ1n) is 17.6. The molecule has 0 atom stereocenters. The number of aliphatic imine (C=N–C) groups is 2. The van der Waals surface area contributed by atoms with E-state index >= 15 is 0 Å². The molecule has 6 heteroatoms. The number of aryl methyl sites for hydroxylation is 12. The SMILES string of the molecule is CC(/C=C(/C)[N-]c1c(C)cc(C)cc1C)=Nc1c(C)cc(C)cc1C.CC(/C=C(/C)[N-]c1c(C)cc(C)cc1C)=Nc1c(C)cc(C)cc1C.[Zn].[Zn]. The van der Waals surface area contributed by atoms with Gasteiger partial charge in [0.2, 0.25) is 0 Å². The van der Waals surface area contributed by atoms with Gasteiger partial charge in [0.15, 0.2) is 0 Å². The summed E-state index contributed by atoms with van der Waals surface area (Å²) in [5.41, 5.74) is 23.0. The third-order valence-electron chi connectivity index (χ3n) is 8.53. The normalized spacial score (nSPS) is 12.0.